The standard InChI is InChI=1S/C26H24ClN3O3S/c1-33-18-5-7-22-19(14-18)20(15-28-22)16-8-10-30(11-9-16)26(32)17-4-6-21(27)23(13-17)29-25(31)24-3-2-12-34-24/h2-7,12-16,28H,8-11H2,1H3,(H,29,31). The predicted octanol–water partition coefficient (Wildman–Crippen LogP) is 6.16. The first-order valence-corrected chi connectivity index (χ1v) is 12.4. The van der Waals surface area contributed by atoms with Gasteiger partial charge in [0.15, 0.2) is 0 Å². The van der Waals surface area contributed by atoms with Gasteiger partial charge in [0.2, 0.25) is 0 Å². The highest BCUT2D eigenvalue weighted by Gasteiger charge is 2.26. The molecule has 34 heavy (non-hydrogen) atoms. The number of anilines is 1. The summed E-state index contributed by atoms with van der Waals surface area (Å²) < 4.78 is 5.39. The number of halogens is 1. The Morgan fingerprint density at radius 3 is 2.71 bits per heavy atom. The summed E-state index contributed by atoms with van der Waals surface area (Å²) in [6, 6.07) is 14.6. The second-order valence-corrected chi connectivity index (χ2v) is 9.70. The number of aromatic amines is 1. The van der Waals surface area contributed by atoms with Crippen LogP contribution < -0.4 is 10.1 Å². The van der Waals surface area contributed by atoms with Crippen LogP contribution in [0.1, 0.15) is 44.4 Å². The van der Waals surface area contributed by atoms with Crippen LogP contribution >= 0.6 is 22.9 Å². The lowest BCUT2D eigenvalue weighted by atomic mass is 9.89. The maximum absolute atomic E-state index is 13.2. The molecular weight excluding hydrogens is 470 g/mol. The topological polar surface area (TPSA) is 74.4 Å². The summed E-state index contributed by atoms with van der Waals surface area (Å²) in [5, 5.41) is 6.23. The van der Waals surface area contributed by atoms with Crippen molar-refractivity contribution in [2.45, 2.75) is 18.8 Å². The van der Waals surface area contributed by atoms with Crippen LogP contribution in [0.2, 0.25) is 5.02 Å². The van der Waals surface area contributed by atoms with E-state index in [1.807, 2.05) is 28.5 Å². The van der Waals surface area contributed by atoms with Crippen molar-refractivity contribution in [3.63, 3.8) is 0 Å². The van der Waals surface area contributed by atoms with Gasteiger partial charge in [0, 0.05) is 35.8 Å². The Balaban J connectivity index is 1.27. The number of carbonyl (C=O) groups is 2. The highest BCUT2D eigenvalue weighted by atomic mass is 35.5. The molecule has 0 spiro atoms. The quantitative estimate of drug-likeness (QED) is 0.349. The minimum absolute atomic E-state index is 0.0534. The Bertz CT molecular complexity index is 1340. The molecule has 2 amide bonds. The number of methoxy groups -OCH3 is 1. The minimum Gasteiger partial charge on any atom is -0.497 e. The van der Waals surface area contributed by atoms with E-state index in [2.05, 4.69) is 22.6 Å². The first-order chi connectivity index (χ1) is 16.5. The number of likely N-dealkylation sites (tertiary alicyclic amines) is 1. The summed E-state index contributed by atoms with van der Waals surface area (Å²) in [5.41, 5.74) is 3.31. The summed E-state index contributed by atoms with van der Waals surface area (Å²) >= 11 is 7.64. The van der Waals surface area contributed by atoms with Crippen LogP contribution in [0, 0.1) is 0 Å². The van der Waals surface area contributed by atoms with Crippen molar-refractivity contribution in [3.05, 3.63) is 81.1 Å². The number of fused-ring (bicyclic) bond motifs is 1. The van der Waals surface area contributed by atoms with Gasteiger partial charge in [-0.3, -0.25) is 9.59 Å². The number of thiophene rings is 1. The van der Waals surface area contributed by atoms with Gasteiger partial charge in [-0.15, -0.1) is 11.3 Å². The SMILES string of the molecule is COc1ccc2[nH]cc(C3CCN(C(=O)c4ccc(Cl)c(NC(=O)c5cccs5)c4)CC3)c2c1. The van der Waals surface area contributed by atoms with Gasteiger partial charge in [0.1, 0.15) is 5.75 Å². The Kier molecular flexibility index (Phi) is 6.30. The molecule has 1 aliphatic heterocycles. The molecule has 3 heterocycles. The molecule has 0 aliphatic carbocycles. The number of nitrogens with zero attached hydrogens (tertiary/aromatic N) is 1. The third kappa shape index (κ3) is 4.41. The summed E-state index contributed by atoms with van der Waals surface area (Å²) in [4.78, 5) is 31.5. The molecule has 0 unspecified atom stereocenters. The third-order valence-corrected chi connectivity index (χ3v) is 7.55. The van der Waals surface area contributed by atoms with E-state index in [-0.39, 0.29) is 11.8 Å². The lowest BCUT2D eigenvalue weighted by molar-refractivity contribution is 0.0713. The lowest BCUT2D eigenvalue weighted by Gasteiger charge is -2.32. The zero-order valence-electron chi connectivity index (χ0n) is 18.6. The van der Waals surface area contributed by atoms with Crippen molar-refractivity contribution in [3.8, 4) is 5.75 Å². The van der Waals surface area contributed by atoms with Crippen molar-refractivity contribution in [2.24, 2.45) is 0 Å². The van der Waals surface area contributed by atoms with Gasteiger partial charge in [-0.2, -0.15) is 0 Å². The zero-order valence-corrected chi connectivity index (χ0v) is 20.2. The Labute approximate surface area is 206 Å². The molecule has 2 N–H and O–H groups in total. The number of ether oxygens (including phenoxy) is 1. The van der Waals surface area contributed by atoms with E-state index in [0.29, 0.717) is 40.2 Å². The Hall–Kier alpha value is -3.29. The van der Waals surface area contributed by atoms with E-state index in [9.17, 15) is 9.59 Å². The molecule has 5 rings (SSSR count). The van der Waals surface area contributed by atoms with Gasteiger partial charge in [-0.1, -0.05) is 17.7 Å². The van der Waals surface area contributed by atoms with Crippen LogP contribution in [0.5, 0.6) is 5.75 Å². The second kappa shape index (κ2) is 9.52. The van der Waals surface area contributed by atoms with E-state index in [4.69, 9.17) is 16.3 Å². The van der Waals surface area contributed by atoms with E-state index in [1.54, 1.807) is 31.4 Å². The molecule has 0 bridgehead atoms. The highest BCUT2D eigenvalue weighted by Crippen LogP contribution is 2.35. The Morgan fingerprint density at radius 1 is 1.15 bits per heavy atom. The maximum atomic E-state index is 13.2. The van der Waals surface area contributed by atoms with E-state index in [1.165, 1.54) is 22.3 Å². The molecule has 6 nitrogen and oxygen atoms in total. The fourth-order valence-corrected chi connectivity index (χ4v) is 5.29. The zero-order chi connectivity index (χ0) is 23.7. The molecule has 0 radical (unpaired) electrons. The van der Waals surface area contributed by atoms with Crippen molar-refractivity contribution in [1.29, 1.82) is 0 Å². The van der Waals surface area contributed by atoms with E-state index >= 15 is 0 Å². The molecule has 2 aromatic heterocycles. The van der Waals surface area contributed by atoms with Crippen LogP contribution in [-0.4, -0.2) is 41.9 Å². The molecular formula is C26H24ClN3O3S. The summed E-state index contributed by atoms with van der Waals surface area (Å²) in [7, 11) is 1.67. The smallest absolute Gasteiger partial charge is 0.265 e. The molecule has 0 atom stereocenters. The molecule has 1 aliphatic rings. The van der Waals surface area contributed by atoms with Crippen LogP contribution in [0.4, 0.5) is 5.69 Å². The first kappa shape index (κ1) is 22.5. The average Bonchev–Trinajstić information content (AvgIpc) is 3.55. The normalized spacial score (nSPS) is 14.4. The van der Waals surface area contributed by atoms with Gasteiger partial charge >= 0.3 is 0 Å². The van der Waals surface area contributed by atoms with Gasteiger partial charge in [0.25, 0.3) is 11.8 Å². The van der Waals surface area contributed by atoms with Crippen LogP contribution in [0.25, 0.3) is 10.9 Å². The molecule has 174 valence electrons. The minimum atomic E-state index is -0.238. The number of nitrogens with one attached hydrogen (secondary N) is 2. The number of hydrogen-bond donors (Lipinski definition) is 2. The van der Waals surface area contributed by atoms with E-state index < -0.39 is 0 Å². The van der Waals surface area contributed by atoms with Crippen molar-refractivity contribution in [1.82, 2.24) is 9.88 Å². The number of rotatable bonds is 5. The number of carbonyl (C=O) groups excluding carboxylic acids is 2. The van der Waals surface area contributed by atoms with Crippen LogP contribution in [0.15, 0.2) is 60.1 Å². The predicted molar refractivity (Wildman–Crippen MR) is 136 cm³/mol. The number of piperidine rings is 1. The summed E-state index contributed by atoms with van der Waals surface area (Å²) in [5.74, 6) is 0.918. The summed E-state index contributed by atoms with van der Waals surface area (Å²) in [6.07, 6.45) is 3.84. The average molecular weight is 494 g/mol. The molecule has 8 heteroatoms. The van der Waals surface area contributed by atoms with Gasteiger partial charge in [-0.25, -0.2) is 0 Å². The largest absolute Gasteiger partial charge is 0.497 e. The summed E-state index contributed by atoms with van der Waals surface area (Å²) in [6.45, 7) is 1.33. The lowest BCUT2D eigenvalue weighted by Crippen LogP contribution is -2.37. The molecule has 1 saturated heterocycles. The molecule has 0 saturated carbocycles. The van der Waals surface area contributed by atoms with Crippen molar-refractivity contribution in [2.75, 3.05) is 25.5 Å². The maximum Gasteiger partial charge on any atom is 0.265 e. The van der Waals surface area contributed by atoms with Crippen molar-refractivity contribution < 1.29 is 14.3 Å². The van der Waals surface area contributed by atoms with Crippen LogP contribution in [0.3, 0.4) is 0 Å². The molecule has 1 fully saturated rings. The van der Waals surface area contributed by atoms with Gasteiger partial charge < -0.3 is 19.9 Å². The number of aromatic nitrogens is 1. The van der Waals surface area contributed by atoms with Crippen LogP contribution in [-0.2, 0) is 0 Å². The number of amides is 2. The van der Waals surface area contributed by atoms with E-state index in [0.717, 1.165) is 24.1 Å². The first-order valence-electron chi connectivity index (χ1n) is 11.1. The third-order valence-electron chi connectivity index (χ3n) is 6.35. The number of hydrogen-bond acceptors (Lipinski definition) is 4. The number of H-pyrrole nitrogens is 1. The number of benzene rings is 2. The second-order valence-electron chi connectivity index (χ2n) is 8.35. The fourth-order valence-electron chi connectivity index (χ4n) is 4.51. The van der Waals surface area contributed by atoms with Gasteiger partial charge in [0.05, 0.1) is 22.7 Å². The molecule has 2 aromatic carbocycles. The van der Waals surface area contributed by atoms with Crippen molar-refractivity contribution >= 4 is 51.3 Å². The van der Waals surface area contributed by atoms with Gasteiger partial charge in [-0.05, 0) is 72.2 Å². The Morgan fingerprint density at radius 2 is 1.97 bits per heavy atom. The molecule has 4 aromatic rings. The monoisotopic (exact) mass is 493 g/mol. The fraction of sp³-hybridized carbons (Fsp3) is 0.231. The highest BCUT2D eigenvalue weighted by molar-refractivity contribution is 7.12.